The number of hydrogen-bond donors (Lipinski definition) is 1. The number of aromatic nitrogens is 2. The standard InChI is InChI=1S/C15H25N4O/c1-11-7-8-13-14(16)15(17-18(13)12(11)2)20-10-6-9-19(3,4)5/h7-8H,6,9-10,16H2,1-5H3/q+1. The van der Waals surface area contributed by atoms with Crippen molar-refractivity contribution in [2.24, 2.45) is 0 Å². The number of quaternary nitrogens is 1. The van der Waals surface area contributed by atoms with Gasteiger partial charge in [-0.2, -0.15) is 0 Å². The number of nitrogens with zero attached hydrogens (tertiary/aromatic N) is 3. The van der Waals surface area contributed by atoms with Crippen molar-refractivity contribution in [1.82, 2.24) is 9.61 Å². The zero-order valence-electron chi connectivity index (χ0n) is 13.1. The number of anilines is 1. The van der Waals surface area contributed by atoms with Crippen LogP contribution in [0.1, 0.15) is 17.7 Å². The maximum absolute atomic E-state index is 6.11. The summed E-state index contributed by atoms with van der Waals surface area (Å²) in [6, 6.07) is 4.05. The summed E-state index contributed by atoms with van der Waals surface area (Å²) in [4.78, 5) is 0. The maximum atomic E-state index is 6.11. The molecule has 0 fully saturated rings. The van der Waals surface area contributed by atoms with Gasteiger partial charge in [0, 0.05) is 12.1 Å². The van der Waals surface area contributed by atoms with Gasteiger partial charge in [-0.3, -0.25) is 0 Å². The van der Waals surface area contributed by atoms with E-state index in [2.05, 4.69) is 39.2 Å². The highest BCUT2D eigenvalue weighted by atomic mass is 16.5. The fourth-order valence-corrected chi connectivity index (χ4v) is 2.14. The second-order valence-corrected chi connectivity index (χ2v) is 6.33. The molecule has 0 atom stereocenters. The van der Waals surface area contributed by atoms with Gasteiger partial charge in [-0.15, -0.1) is 5.10 Å². The van der Waals surface area contributed by atoms with Crippen molar-refractivity contribution < 1.29 is 9.22 Å². The third kappa shape index (κ3) is 3.04. The predicted octanol–water partition coefficient (Wildman–Crippen LogP) is 2.01. The van der Waals surface area contributed by atoms with E-state index in [1.165, 1.54) is 5.56 Å². The van der Waals surface area contributed by atoms with Crippen LogP contribution in [0.4, 0.5) is 5.69 Å². The third-order valence-electron chi connectivity index (χ3n) is 3.52. The Morgan fingerprint density at radius 1 is 1.25 bits per heavy atom. The van der Waals surface area contributed by atoms with Crippen LogP contribution in [-0.4, -0.2) is 48.4 Å². The van der Waals surface area contributed by atoms with E-state index in [4.69, 9.17) is 10.5 Å². The van der Waals surface area contributed by atoms with Gasteiger partial charge in [-0.1, -0.05) is 6.07 Å². The SMILES string of the molecule is Cc1ccc2c(N)c(OCCC[N+](C)(C)C)nn2c1C. The Morgan fingerprint density at radius 3 is 2.60 bits per heavy atom. The highest BCUT2D eigenvalue weighted by Crippen LogP contribution is 2.27. The summed E-state index contributed by atoms with van der Waals surface area (Å²) in [5.41, 5.74) is 9.93. The van der Waals surface area contributed by atoms with Gasteiger partial charge in [0.1, 0.15) is 5.69 Å². The summed E-state index contributed by atoms with van der Waals surface area (Å²) in [7, 11) is 6.52. The van der Waals surface area contributed by atoms with Crippen molar-refractivity contribution in [1.29, 1.82) is 0 Å². The lowest BCUT2D eigenvalue weighted by Crippen LogP contribution is -2.36. The fraction of sp³-hybridized carbons (Fsp3) is 0.533. The Bertz CT molecular complexity index is 610. The first-order chi connectivity index (χ1) is 9.29. The molecular formula is C15H25N4O+. The van der Waals surface area contributed by atoms with E-state index in [1.54, 1.807) is 0 Å². The van der Waals surface area contributed by atoms with Crippen LogP contribution < -0.4 is 10.5 Å². The number of hydrogen-bond acceptors (Lipinski definition) is 3. The summed E-state index contributed by atoms with van der Waals surface area (Å²) in [6.45, 7) is 5.80. The number of nitrogens with two attached hydrogens (primary N) is 1. The molecular weight excluding hydrogens is 252 g/mol. The molecule has 2 aromatic heterocycles. The number of ether oxygens (including phenoxy) is 1. The molecule has 0 saturated heterocycles. The van der Waals surface area contributed by atoms with Crippen LogP contribution >= 0.6 is 0 Å². The second-order valence-electron chi connectivity index (χ2n) is 6.33. The Hall–Kier alpha value is -1.75. The topological polar surface area (TPSA) is 52.5 Å². The molecule has 5 heteroatoms. The lowest BCUT2D eigenvalue weighted by atomic mass is 10.2. The number of rotatable bonds is 5. The highest BCUT2D eigenvalue weighted by Gasteiger charge is 2.13. The van der Waals surface area contributed by atoms with Crippen molar-refractivity contribution in [3.05, 3.63) is 23.4 Å². The minimum Gasteiger partial charge on any atom is -0.475 e. The summed E-state index contributed by atoms with van der Waals surface area (Å²) >= 11 is 0. The molecule has 0 radical (unpaired) electrons. The van der Waals surface area contributed by atoms with E-state index in [0.29, 0.717) is 18.2 Å². The average Bonchev–Trinajstić information content (AvgIpc) is 2.67. The van der Waals surface area contributed by atoms with E-state index >= 15 is 0 Å². The first-order valence-electron chi connectivity index (χ1n) is 6.97. The van der Waals surface area contributed by atoms with Gasteiger partial charge in [0.15, 0.2) is 0 Å². The van der Waals surface area contributed by atoms with Crippen LogP contribution in [0.5, 0.6) is 5.88 Å². The van der Waals surface area contributed by atoms with Gasteiger partial charge < -0.3 is 15.0 Å². The molecule has 0 spiro atoms. The van der Waals surface area contributed by atoms with E-state index in [1.807, 2.05) is 17.5 Å². The third-order valence-corrected chi connectivity index (χ3v) is 3.52. The van der Waals surface area contributed by atoms with Crippen molar-refractivity contribution in [3.8, 4) is 5.88 Å². The summed E-state index contributed by atoms with van der Waals surface area (Å²) in [5.74, 6) is 0.542. The Kier molecular flexibility index (Phi) is 3.90. The summed E-state index contributed by atoms with van der Waals surface area (Å²) < 4.78 is 8.54. The first kappa shape index (κ1) is 14.7. The largest absolute Gasteiger partial charge is 0.475 e. The van der Waals surface area contributed by atoms with Crippen molar-refractivity contribution >= 4 is 11.2 Å². The van der Waals surface area contributed by atoms with Gasteiger partial charge in [0.25, 0.3) is 5.88 Å². The van der Waals surface area contributed by atoms with E-state index < -0.39 is 0 Å². The molecule has 2 aromatic rings. The van der Waals surface area contributed by atoms with Crippen LogP contribution in [-0.2, 0) is 0 Å². The number of aryl methyl sites for hydroxylation is 2. The maximum Gasteiger partial charge on any atom is 0.257 e. The first-order valence-corrected chi connectivity index (χ1v) is 6.97. The molecule has 2 N–H and O–H groups in total. The van der Waals surface area contributed by atoms with Gasteiger partial charge in [0.05, 0.1) is 39.8 Å². The molecule has 0 aliphatic carbocycles. The fourth-order valence-electron chi connectivity index (χ4n) is 2.14. The molecule has 0 aromatic carbocycles. The van der Waals surface area contributed by atoms with Gasteiger partial charge in [0.2, 0.25) is 0 Å². The van der Waals surface area contributed by atoms with Gasteiger partial charge in [-0.25, -0.2) is 4.52 Å². The van der Waals surface area contributed by atoms with Crippen LogP contribution in [0.2, 0.25) is 0 Å². The van der Waals surface area contributed by atoms with E-state index in [-0.39, 0.29) is 0 Å². The highest BCUT2D eigenvalue weighted by molar-refractivity contribution is 5.75. The number of fused-ring (bicyclic) bond motifs is 1. The van der Waals surface area contributed by atoms with Crippen molar-refractivity contribution in [2.45, 2.75) is 20.3 Å². The van der Waals surface area contributed by atoms with Crippen LogP contribution in [0, 0.1) is 13.8 Å². The van der Waals surface area contributed by atoms with Crippen molar-refractivity contribution in [2.75, 3.05) is 40.0 Å². The molecule has 0 aliphatic heterocycles. The zero-order chi connectivity index (χ0) is 14.9. The monoisotopic (exact) mass is 277 g/mol. The van der Waals surface area contributed by atoms with Gasteiger partial charge in [-0.05, 0) is 25.5 Å². The van der Waals surface area contributed by atoms with E-state index in [9.17, 15) is 0 Å². The second kappa shape index (κ2) is 5.32. The van der Waals surface area contributed by atoms with Crippen molar-refractivity contribution in [3.63, 3.8) is 0 Å². The average molecular weight is 277 g/mol. The minimum atomic E-state index is 0.542. The predicted molar refractivity (Wildman–Crippen MR) is 82.1 cm³/mol. The van der Waals surface area contributed by atoms with Gasteiger partial charge >= 0.3 is 0 Å². The molecule has 0 saturated carbocycles. The zero-order valence-corrected chi connectivity index (χ0v) is 13.1. The Labute approximate surface area is 120 Å². The number of nitrogen functional groups attached to an aromatic ring is 1. The normalized spacial score (nSPS) is 12.1. The molecule has 2 rings (SSSR count). The minimum absolute atomic E-state index is 0.542. The molecule has 0 bridgehead atoms. The Balaban J connectivity index is 2.11. The smallest absolute Gasteiger partial charge is 0.257 e. The summed E-state index contributed by atoms with van der Waals surface area (Å²) in [6.07, 6.45) is 0.981. The Morgan fingerprint density at radius 2 is 1.95 bits per heavy atom. The van der Waals surface area contributed by atoms with Crippen LogP contribution in [0.3, 0.4) is 0 Å². The molecule has 2 heterocycles. The molecule has 0 unspecified atom stereocenters. The molecule has 110 valence electrons. The summed E-state index contributed by atoms with van der Waals surface area (Å²) in [5, 5.41) is 4.47. The molecule has 20 heavy (non-hydrogen) atoms. The lowest BCUT2D eigenvalue weighted by Gasteiger charge is -2.23. The lowest BCUT2D eigenvalue weighted by molar-refractivity contribution is -0.870. The molecule has 0 aliphatic rings. The van der Waals surface area contributed by atoms with E-state index in [0.717, 1.165) is 28.7 Å². The number of pyridine rings is 1. The van der Waals surface area contributed by atoms with Crippen LogP contribution in [0.15, 0.2) is 12.1 Å². The van der Waals surface area contributed by atoms with Crippen LogP contribution in [0.25, 0.3) is 5.52 Å². The molecule has 0 amide bonds. The quantitative estimate of drug-likeness (QED) is 0.672. The molecule has 5 nitrogen and oxygen atoms in total.